The number of nitrogens with zero attached hydrogens (tertiary/aromatic N) is 2. The van der Waals surface area contributed by atoms with Crippen molar-refractivity contribution in [2.24, 2.45) is 5.92 Å². The molecule has 3 rings (SSSR count). The second kappa shape index (κ2) is 7.32. The minimum absolute atomic E-state index is 0.0553. The number of hydrogen-bond acceptors (Lipinski definition) is 3. The van der Waals surface area contributed by atoms with E-state index in [1.807, 2.05) is 36.9 Å². The van der Waals surface area contributed by atoms with E-state index in [1.54, 1.807) is 0 Å². The first kappa shape index (κ1) is 16.9. The van der Waals surface area contributed by atoms with Gasteiger partial charge in [-0.3, -0.25) is 9.69 Å². The minimum atomic E-state index is -0.498. The Hall–Kier alpha value is -1.91. The Morgan fingerprint density at radius 2 is 1.71 bits per heavy atom. The molecule has 0 spiro atoms. The van der Waals surface area contributed by atoms with E-state index >= 15 is 0 Å². The molecule has 2 aromatic carbocycles. The summed E-state index contributed by atoms with van der Waals surface area (Å²) in [6.07, 6.45) is -0.498. The van der Waals surface area contributed by atoms with Gasteiger partial charge in [0.25, 0.3) is 0 Å². The van der Waals surface area contributed by atoms with Crippen molar-refractivity contribution >= 4 is 16.7 Å². The van der Waals surface area contributed by atoms with Crippen molar-refractivity contribution in [3.8, 4) is 0 Å². The number of amides is 1. The lowest BCUT2D eigenvalue weighted by molar-refractivity contribution is -0.136. The molecule has 0 unspecified atom stereocenters. The summed E-state index contributed by atoms with van der Waals surface area (Å²) in [5.41, 5.74) is 0.953. The summed E-state index contributed by atoms with van der Waals surface area (Å²) < 4.78 is 0. The van der Waals surface area contributed by atoms with E-state index in [4.69, 9.17) is 0 Å². The minimum Gasteiger partial charge on any atom is -0.387 e. The molecular formula is C20H26N2O2. The fourth-order valence-electron chi connectivity index (χ4n) is 3.28. The van der Waals surface area contributed by atoms with E-state index in [-0.39, 0.29) is 11.8 Å². The zero-order valence-corrected chi connectivity index (χ0v) is 14.5. The van der Waals surface area contributed by atoms with Gasteiger partial charge < -0.3 is 10.0 Å². The van der Waals surface area contributed by atoms with Crippen LogP contribution in [0.15, 0.2) is 42.5 Å². The Kier molecular flexibility index (Phi) is 5.17. The monoisotopic (exact) mass is 326 g/mol. The molecule has 0 radical (unpaired) electrons. The molecule has 1 fully saturated rings. The van der Waals surface area contributed by atoms with E-state index in [0.717, 1.165) is 37.1 Å². The SMILES string of the molecule is CC(C)C(=O)N1CCN(C[C@H](O)c2ccc3ccccc3c2)CC1. The van der Waals surface area contributed by atoms with E-state index in [9.17, 15) is 9.90 Å². The number of carbonyl (C=O) groups is 1. The molecule has 1 saturated heterocycles. The Bertz CT molecular complexity index is 706. The zero-order valence-electron chi connectivity index (χ0n) is 14.5. The van der Waals surface area contributed by atoms with Gasteiger partial charge in [0.05, 0.1) is 6.10 Å². The molecule has 1 aliphatic heterocycles. The number of hydrogen-bond donors (Lipinski definition) is 1. The summed E-state index contributed by atoms with van der Waals surface area (Å²) in [4.78, 5) is 16.2. The third kappa shape index (κ3) is 3.77. The van der Waals surface area contributed by atoms with Crippen LogP contribution < -0.4 is 0 Å². The van der Waals surface area contributed by atoms with Crippen LogP contribution in [0, 0.1) is 5.92 Å². The number of aliphatic hydroxyl groups excluding tert-OH is 1. The fraction of sp³-hybridized carbons (Fsp3) is 0.450. The van der Waals surface area contributed by atoms with E-state index in [2.05, 4.69) is 29.2 Å². The fourth-order valence-corrected chi connectivity index (χ4v) is 3.28. The van der Waals surface area contributed by atoms with Crippen LogP contribution in [0.1, 0.15) is 25.5 Å². The maximum Gasteiger partial charge on any atom is 0.225 e. The molecule has 0 saturated carbocycles. The molecule has 0 aromatic heterocycles. The van der Waals surface area contributed by atoms with E-state index in [0.29, 0.717) is 6.54 Å². The molecular weight excluding hydrogens is 300 g/mol. The molecule has 4 heteroatoms. The molecule has 128 valence electrons. The van der Waals surface area contributed by atoms with Crippen molar-refractivity contribution in [1.29, 1.82) is 0 Å². The van der Waals surface area contributed by atoms with Gasteiger partial charge in [0, 0.05) is 38.6 Å². The summed E-state index contributed by atoms with van der Waals surface area (Å²) in [6, 6.07) is 14.3. The van der Waals surface area contributed by atoms with Gasteiger partial charge in [-0.2, -0.15) is 0 Å². The standard InChI is InChI=1S/C20H26N2O2/c1-15(2)20(24)22-11-9-21(10-12-22)14-19(23)18-8-7-16-5-3-4-6-17(16)13-18/h3-8,13,15,19,23H,9-12,14H2,1-2H3/t19-/m0/s1. The third-order valence-corrected chi connectivity index (χ3v) is 4.77. The van der Waals surface area contributed by atoms with Crippen LogP contribution in [0.2, 0.25) is 0 Å². The van der Waals surface area contributed by atoms with Gasteiger partial charge in [-0.15, -0.1) is 0 Å². The van der Waals surface area contributed by atoms with Crippen LogP contribution in [0.5, 0.6) is 0 Å². The van der Waals surface area contributed by atoms with Crippen LogP contribution in [0.25, 0.3) is 10.8 Å². The molecule has 1 amide bonds. The van der Waals surface area contributed by atoms with Crippen molar-refractivity contribution in [1.82, 2.24) is 9.80 Å². The Morgan fingerprint density at radius 1 is 1.04 bits per heavy atom. The quantitative estimate of drug-likeness (QED) is 0.939. The first-order valence-corrected chi connectivity index (χ1v) is 8.72. The summed E-state index contributed by atoms with van der Waals surface area (Å²) in [5.74, 6) is 0.282. The van der Waals surface area contributed by atoms with Crippen LogP contribution in [0.3, 0.4) is 0 Å². The molecule has 0 aliphatic carbocycles. The van der Waals surface area contributed by atoms with Crippen LogP contribution in [-0.2, 0) is 4.79 Å². The number of benzene rings is 2. The molecule has 24 heavy (non-hydrogen) atoms. The van der Waals surface area contributed by atoms with Crippen molar-refractivity contribution in [3.05, 3.63) is 48.0 Å². The normalized spacial score (nSPS) is 17.4. The number of piperazine rings is 1. The van der Waals surface area contributed by atoms with Crippen molar-refractivity contribution in [2.45, 2.75) is 20.0 Å². The average molecular weight is 326 g/mol. The van der Waals surface area contributed by atoms with Gasteiger partial charge in [0.2, 0.25) is 5.91 Å². The van der Waals surface area contributed by atoms with Gasteiger partial charge in [-0.25, -0.2) is 0 Å². The largest absolute Gasteiger partial charge is 0.387 e. The van der Waals surface area contributed by atoms with Gasteiger partial charge in [-0.1, -0.05) is 50.2 Å². The molecule has 2 aromatic rings. The molecule has 1 aliphatic rings. The Labute approximate surface area is 143 Å². The highest BCUT2D eigenvalue weighted by Crippen LogP contribution is 2.21. The Balaban J connectivity index is 1.59. The highest BCUT2D eigenvalue weighted by Gasteiger charge is 2.24. The van der Waals surface area contributed by atoms with E-state index in [1.165, 1.54) is 5.39 Å². The maximum absolute atomic E-state index is 12.0. The van der Waals surface area contributed by atoms with Crippen molar-refractivity contribution < 1.29 is 9.90 Å². The smallest absolute Gasteiger partial charge is 0.225 e. The van der Waals surface area contributed by atoms with Crippen LogP contribution >= 0.6 is 0 Å². The van der Waals surface area contributed by atoms with Crippen LogP contribution in [-0.4, -0.2) is 53.5 Å². The van der Waals surface area contributed by atoms with E-state index < -0.39 is 6.10 Å². The average Bonchev–Trinajstić information content (AvgIpc) is 2.61. The molecule has 4 nitrogen and oxygen atoms in total. The van der Waals surface area contributed by atoms with Crippen molar-refractivity contribution in [3.63, 3.8) is 0 Å². The Morgan fingerprint density at radius 3 is 2.38 bits per heavy atom. The van der Waals surface area contributed by atoms with Gasteiger partial charge in [-0.05, 0) is 22.4 Å². The molecule has 1 atom stereocenters. The van der Waals surface area contributed by atoms with Gasteiger partial charge in [0.1, 0.15) is 0 Å². The topological polar surface area (TPSA) is 43.8 Å². The maximum atomic E-state index is 12.0. The summed E-state index contributed by atoms with van der Waals surface area (Å²) in [5, 5.41) is 12.9. The number of carbonyl (C=O) groups excluding carboxylic acids is 1. The second-order valence-electron chi connectivity index (χ2n) is 6.90. The summed E-state index contributed by atoms with van der Waals surface area (Å²) >= 11 is 0. The first-order valence-electron chi connectivity index (χ1n) is 8.72. The number of fused-ring (bicyclic) bond motifs is 1. The number of β-amino-alcohol motifs (C(OH)–C–C–N with tert-alkyl or cyclic N) is 1. The van der Waals surface area contributed by atoms with Crippen LogP contribution in [0.4, 0.5) is 0 Å². The second-order valence-corrected chi connectivity index (χ2v) is 6.90. The highest BCUT2D eigenvalue weighted by molar-refractivity contribution is 5.83. The predicted molar refractivity (Wildman–Crippen MR) is 96.8 cm³/mol. The predicted octanol–water partition coefficient (Wildman–Crippen LogP) is 2.67. The van der Waals surface area contributed by atoms with Gasteiger partial charge >= 0.3 is 0 Å². The summed E-state index contributed by atoms with van der Waals surface area (Å²) in [6.45, 7) is 7.65. The molecule has 1 heterocycles. The summed E-state index contributed by atoms with van der Waals surface area (Å²) in [7, 11) is 0. The van der Waals surface area contributed by atoms with Gasteiger partial charge in [0.15, 0.2) is 0 Å². The third-order valence-electron chi connectivity index (χ3n) is 4.77. The number of aliphatic hydroxyl groups is 1. The van der Waals surface area contributed by atoms with Crippen molar-refractivity contribution in [2.75, 3.05) is 32.7 Å². The first-order chi connectivity index (χ1) is 11.5. The highest BCUT2D eigenvalue weighted by atomic mass is 16.3. The lowest BCUT2D eigenvalue weighted by atomic mass is 10.0. The lowest BCUT2D eigenvalue weighted by Gasteiger charge is -2.36. The molecule has 0 bridgehead atoms. The number of rotatable bonds is 4. The zero-order chi connectivity index (χ0) is 17.1. The molecule has 1 N–H and O–H groups in total. The lowest BCUT2D eigenvalue weighted by Crippen LogP contribution is -2.50.